The molecule has 0 aliphatic heterocycles. The number of halogens is 3. The van der Waals surface area contributed by atoms with Crippen molar-refractivity contribution < 1.29 is 23.1 Å². The predicted octanol–water partition coefficient (Wildman–Crippen LogP) is 1.33. The molecule has 102 valence electrons. The molecule has 1 aromatic rings. The number of carbonyl (C=O) groups is 1. The van der Waals surface area contributed by atoms with E-state index in [1.165, 1.54) is 10.9 Å². The van der Waals surface area contributed by atoms with Crippen LogP contribution >= 0.6 is 0 Å². The fourth-order valence-electron chi connectivity index (χ4n) is 1.42. The molecule has 2 atom stereocenters. The highest BCUT2D eigenvalue weighted by Gasteiger charge is 2.44. The predicted molar refractivity (Wildman–Crippen MR) is 56.8 cm³/mol. The molecule has 2 N–H and O–H groups in total. The number of rotatable bonds is 5. The Balaban J connectivity index is 2.60. The lowest BCUT2D eigenvalue weighted by Gasteiger charge is -2.19. The zero-order chi connectivity index (χ0) is 13.9. The highest BCUT2D eigenvalue weighted by atomic mass is 19.4. The molecule has 0 radical (unpaired) electrons. The lowest BCUT2D eigenvalue weighted by Crippen LogP contribution is -2.39. The molecule has 0 amide bonds. The molecular weight excluding hydrogens is 251 g/mol. The summed E-state index contributed by atoms with van der Waals surface area (Å²) in [6.45, 7) is 0.973. The van der Waals surface area contributed by atoms with Crippen molar-refractivity contribution in [2.75, 3.05) is 6.54 Å². The molecule has 0 saturated carbocycles. The zero-order valence-electron chi connectivity index (χ0n) is 9.90. The highest BCUT2D eigenvalue weighted by Crippen LogP contribution is 2.26. The summed E-state index contributed by atoms with van der Waals surface area (Å²) in [5.74, 6) is -4.29. The van der Waals surface area contributed by atoms with E-state index in [1.807, 2.05) is 0 Å². The summed E-state index contributed by atoms with van der Waals surface area (Å²) < 4.78 is 38.7. The van der Waals surface area contributed by atoms with E-state index in [0.29, 0.717) is 5.56 Å². The van der Waals surface area contributed by atoms with Crippen molar-refractivity contribution in [1.82, 2.24) is 15.1 Å². The van der Waals surface area contributed by atoms with Gasteiger partial charge in [0.15, 0.2) is 5.92 Å². The van der Waals surface area contributed by atoms with E-state index in [1.54, 1.807) is 20.2 Å². The molecule has 0 spiro atoms. The van der Waals surface area contributed by atoms with Crippen LogP contribution in [0, 0.1) is 5.92 Å². The van der Waals surface area contributed by atoms with Crippen LogP contribution in [0.4, 0.5) is 13.2 Å². The maximum atomic E-state index is 12.4. The van der Waals surface area contributed by atoms with E-state index in [0.717, 1.165) is 0 Å². The summed E-state index contributed by atoms with van der Waals surface area (Å²) in [5.41, 5.74) is 0.698. The van der Waals surface area contributed by atoms with Crippen LogP contribution in [0.2, 0.25) is 0 Å². The molecule has 8 heteroatoms. The minimum Gasteiger partial charge on any atom is -0.481 e. The van der Waals surface area contributed by atoms with Gasteiger partial charge in [-0.3, -0.25) is 9.48 Å². The molecule has 1 heterocycles. The van der Waals surface area contributed by atoms with Gasteiger partial charge in [0.05, 0.1) is 6.20 Å². The van der Waals surface area contributed by atoms with Crippen molar-refractivity contribution in [3.05, 3.63) is 18.0 Å². The van der Waals surface area contributed by atoms with Crippen molar-refractivity contribution in [3.63, 3.8) is 0 Å². The molecule has 0 aromatic carbocycles. The van der Waals surface area contributed by atoms with Gasteiger partial charge in [-0.15, -0.1) is 0 Å². The SMILES string of the molecule is CC(NCC(C(=O)O)C(F)(F)F)c1cnn(C)c1. The van der Waals surface area contributed by atoms with Crippen LogP contribution in [-0.2, 0) is 11.8 Å². The summed E-state index contributed by atoms with van der Waals surface area (Å²) in [6, 6.07) is -0.400. The van der Waals surface area contributed by atoms with E-state index >= 15 is 0 Å². The van der Waals surface area contributed by atoms with Crippen molar-refractivity contribution in [2.45, 2.75) is 19.1 Å². The Morgan fingerprint density at radius 2 is 2.22 bits per heavy atom. The fraction of sp³-hybridized carbons (Fsp3) is 0.600. The van der Waals surface area contributed by atoms with Crippen LogP contribution in [0.25, 0.3) is 0 Å². The Morgan fingerprint density at radius 1 is 1.61 bits per heavy atom. The molecule has 0 fully saturated rings. The topological polar surface area (TPSA) is 67.2 Å². The number of hydrogen-bond acceptors (Lipinski definition) is 3. The molecule has 18 heavy (non-hydrogen) atoms. The monoisotopic (exact) mass is 265 g/mol. The second-order valence-corrected chi connectivity index (χ2v) is 4.01. The molecule has 1 aromatic heterocycles. The number of nitrogens with zero attached hydrogens (tertiary/aromatic N) is 2. The van der Waals surface area contributed by atoms with E-state index in [-0.39, 0.29) is 0 Å². The number of aromatic nitrogens is 2. The van der Waals surface area contributed by atoms with Gasteiger partial charge in [-0.25, -0.2) is 0 Å². The summed E-state index contributed by atoms with van der Waals surface area (Å²) in [6.07, 6.45) is -1.59. The van der Waals surface area contributed by atoms with Gasteiger partial charge in [0.25, 0.3) is 0 Å². The summed E-state index contributed by atoms with van der Waals surface area (Å²) in [7, 11) is 1.69. The van der Waals surface area contributed by atoms with Gasteiger partial charge < -0.3 is 10.4 Å². The smallest absolute Gasteiger partial charge is 0.403 e. The third-order valence-corrected chi connectivity index (χ3v) is 2.55. The van der Waals surface area contributed by atoms with Crippen LogP contribution in [-0.4, -0.2) is 33.6 Å². The number of hydrogen-bond donors (Lipinski definition) is 2. The van der Waals surface area contributed by atoms with Gasteiger partial charge in [0.1, 0.15) is 0 Å². The molecular formula is C10H14F3N3O2. The van der Waals surface area contributed by atoms with Crippen molar-refractivity contribution >= 4 is 5.97 Å². The van der Waals surface area contributed by atoms with Crippen molar-refractivity contribution in [2.24, 2.45) is 13.0 Å². The van der Waals surface area contributed by atoms with E-state index in [2.05, 4.69) is 10.4 Å². The first-order valence-corrected chi connectivity index (χ1v) is 5.23. The average molecular weight is 265 g/mol. The second-order valence-electron chi connectivity index (χ2n) is 4.01. The Morgan fingerprint density at radius 3 is 2.61 bits per heavy atom. The number of alkyl halides is 3. The zero-order valence-corrected chi connectivity index (χ0v) is 9.90. The normalized spacial score (nSPS) is 15.4. The lowest BCUT2D eigenvalue weighted by atomic mass is 10.1. The number of nitrogens with one attached hydrogen (secondary N) is 1. The fourth-order valence-corrected chi connectivity index (χ4v) is 1.42. The molecule has 2 unspecified atom stereocenters. The minimum absolute atomic E-state index is 0.400. The van der Waals surface area contributed by atoms with Gasteiger partial charge in [-0.1, -0.05) is 0 Å². The third kappa shape index (κ3) is 3.73. The van der Waals surface area contributed by atoms with Gasteiger partial charge in [0, 0.05) is 31.4 Å². The highest BCUT2D eigenvalue weighted by molar-refractivity contribution is 5.71. The maximum absolute atomic E-state index is 12.4. The third-order valence-electron chi connectivity index (χ3n) is 2.55. The number of carboxylic acids is 1. The minimum atomic E-state index is -4.76. The van der Waals surface area contributed by atoms with Crippen molar-refractivity contribution in [3.8, 4) is 0 Å². The first-order valence-electron chi connectivity index (χ1n) is 5.23. The summed E-state index contributed by atoms with van der Waals surface area (Å²) in [5, 5.41) is 15.0. The number of carboxylic acid groups (broad SMARTS) is 1. The summed E-state index contributed by atoms with van der Waals surface area (Å²) >= 11 is 0. The van der Waals surface area contributed by atoms with Crippen LogP contribution in [0.1, 0.15) is 18.5 Å². The molecule has 1 rings (SSSR count). The first kappa shape index (κ1) is 14.5. The van der Waals surface area contributed by atoms with Gasteiger partial charge in [-0.05, 0) is 6.92 Å². The average Bonchev–Trinajstić information content (AvgIpc) is 2.62. The van der Waals surface area contributed by atoms with Crippen LogP contribution in [0.5, 0.6) is 0 Å². The quantitative estimate of drug-likeness (QED) is 0.843. The Labute approximate surface area is 102 Å². The van der Waals surface area contributed by atoms with Gasteiger partial charge in [0.2, 0.25) is 0 Å². The molecule has 0 saturated heterocycles. The van der Waals surface area contributed by atoms with Crippen molar-refractivity contribution in [1.29, 1.82) is 0 Å². The second kappa shape index (κ2) is 5.38. The van der Waals surface area contributed by atoms with Crippen LogP contribution in [0.15, 0.2) is 12.4 Å². The van der Waals surface area contributed by atoms with E-state index < -0.39 is 30.7 Å². The standard InChI is InChI=1S/C10H14F3N3O2/c1-6(7-3-15-16(2)5-7)14-4-8(9(17)18)10(11,12)13/h3,5-6,8,14H,4H2,1-2H3,(H,17,18). The van der Waals surface area contributed by atoms with E-state index in [9.17, 15) is 18.0 Å². The van der Waals surface area contributed by atoms with E-state index in [4.69, 9.17) is 5.11 Å². The van der Waals surface area contributed by atoms with Gasteiger partial charge >= 0.3 is 12.1 Å². The Bertz CT molecular complexity index is 417. The Hall–Kier alpha value is -1.57. The molecule has 0 bridgehead atoms. The maximum Gasteiger partial charge on any atom is 0.403 e. The molecule has 0 aliphatic rings. The Kier molecular flexibility index (Phi) is 4.33. The van der Waals surface area contributed by atoms with Crippen LogP contribution < -0.4 is 5.32 Å². The summed E-state index contributed by atoms with van der Waals surface area (Å²) in [4.78, 5) is 10.5. The first-order chi connectivity index (χ1) is 8.21. The number of aryl methyl sites for hydroxylation is 1. The van der Waals surface area contributed by atoms with Gasteiger partial charge in [-0.2, -0.15) is 18.3 Å². The molecule has 0 aliphatic carbocycles. The van der Waals surface area contributed by atoms with Crippen LogP contribution in [0.3, 0.4) is 0 Å². The largest absolute Gasteiger partial charge is 0.481 e. The number of aliphatic carboxylic acids is 1. The molecule has 5 nitrogen and oxygen atoms in total. The lowest BCUT2D eigenvalue weighted by molar-refractivity contribution is -0.192.